The molecule has 1 aromatic carbocycles. The van der Waals surface area contributed by atoms with Gasteiger partial charge in [-0.05, 0) is 38.8 Å². The number of aromatic nitrogens is 3. The zero-order valence-corrected chi connectivity index (χ0v) is 14.5. The van der Waals surface area contributed by atoms with Crippen molar-refractivity contribution in [1.29, 1.82) is 0 Å². The van der Waals surface area contributed by atoms with Gasteiger partial charge in [-0.2, -0.15) is 0 Å². The number of imidazole rings is 1. The largest absolute Gasteiger partial charge is 0.347 e. The molecule has 0 radical (unpaired) electrons. The first-order valence-electron chi connectivity index (χ1n) is 8.35. The van der Waals surface area contributed by atoms with Gasteiger partial charge >= 0.3 is 0 Å². The van der Waals surface area contributed by atoms with E-state index in [1.165, 1.54) is 23.4 Å². The number of rotatable bonds is 3. The highest BCUT2D eigenvalue weighted by atomic mass is 32.1. The van der Waals surface area contributed by atoms with Crippen LogP contribution in [-0.2, 0) is 0 Å². The molecule has 0 N–H and O–H groups in total. The van der Waals surface area contributed by atoms with Gasteiger partial charge < -0.3 is 9.47 Å². The van der Waals surface area contributed by atoms with Gasteiger partial charge in [0.05, 0.1) is 10.2 Å². The fraction of sp³-hybridized carbons (Fsp3) is 0.444. The van der Waals surface area contributed by atoms with Gasteiger partial charge in [0.25, 0.3) is 0 Å². The molecule has 1 atom stereocenters. The predicted molar refractivity (Wildman–Crippen MR) is 96.4 cm³/mol. The Kier molecular flexibility index (Phi) is 3.81. The lowest BCUT2D eigenvalue weighted by Gasteiger charge is -2.32. The van der Waals surface area contributed by atoms with Crippen molar-refractivity contribution < 1.29 is 0 Å². The topological polar surface area (TPSA) is 34.0 Å². The molecule has 2 aromatic heterocycles. The number of piperidine rings is 1. The standard InChI is InChI=1S/C18H22N4S/c1-13(2)22-11-9-19-17(22)14-6-5-10-21(12-14)18-20-15-7-3-4-8-16(15)23-18/h3-4,7-9,11,13-14H,5-6,10,12H2,1-2H3/t14-/m1/s1. The monoisotopic (exact) mass is 326 g/mol. The van der Waals surface area contributed by atoms with E-state index >= 15 is 0 Å². The minimum absolute atomic E-state index is 0.463. The summed E-state index contributed by atoms with van der Waals surface area (Å²) in [5, 5.41) is 1.15. The van der Waals surface area contributed by atoms with Crippen LogP contribution in [0.2, 0.25) is 0 Å². The molecule has 0 saturated carbocycles. The number of thiazole rings is 1. The molecule has 3 aromatic rings. The van der Waals surface area contributed by atoms with Crippen LogP contribution in [0.25, 0.3) is 10.2 Å². The Morgan fingerprint density at radius 3 is 2.96 bits per heavy atom. The Balaban J connectivity index is 1.60. The van der Waals surface area contributed by atoms with Crippen LogP contribution in [0.15, 0.2) is 36.7 Å². The van der Waals surface area contributed by atoms with Crippen molar-refractivity contribution in [2.75, 3.05) is 18.0 Å². The van der Waals surface area contributed by atoms with Crippen molar-refractivity contribution in [3.8, 4) is 0 Å². The lowest BCUT2D eigenvalue weighted by molar-refractivity contribution is 0.455. The second-order valence-corrected chi connectivity index (χ2v) is 7.54. The van der Waals surface area contributed by atoms with E-state index in [2.05, 4.69) is 58.8 Å². The van der Waals surface area contributed by atoms with E-state index in [0.717, 1.165) is 23.7 Å². The van der Waals surface area contributed by atoms with E-state index in [0.29, 0.717) is 12.0 Å². The molecule has 23 heavy (non-hydrogen) atoms. The van der Waals surface area contributed by atoms with Gasteiger partial charge in [0, 0.05) is 37.4 Å². The van der Waals surface area contributed by atoms with Crippen molar-refractivity contribution in [2.24, 2.45) is 0 Å². The van der Waals surface area contributed by atoms with Gasteiger partial charge in [-0.1, -0.05) is 23.5 Å². The highest BCUT2D eigenvalue weighted by Gasteiger charge is 2.26. The molecule has 0 bridgehead atoms. The molecule has 1 fully saturated rings. The quantitative estimate of drug-likeness (QED) is 0.713. The number of hydrogen-bond acceptors (Lipinski definition) is 4. The molecule has 1 aliphatic rings. The maximum atomic E-state index is 4.83. The molecule has 1 saturated heterocycles. The fourth-order valence-electron chi connectivity index (χ4n) is 3.43. The summed E-state index contributed by atoms with van der Waals surface area (Å²) in [6, 6.07) is 8.86. The summed E-state index contributed by atoms with van der Waals surface area (Å²) in [7, 11) is 0. The third kappa shape index (κ3) is 2.74. The molecule has 4 nitrogen and oxygen atoms in total. The number of anilines is 1. The molecule has 0 aliphatic carbocycles. The minimum Gasteiger partial charge on any atom is -0.347 e. The van der Waals surface area contributed by atoms with E-state index in [9.17, 15) is 0 Å². The van der Waals surface area contributed by atoms with E-state index < -0.39 is 0 Å². The molecule has 4 rings (SSSR count). The number of hydrogen-bond donors (Lipinski definition) is 0. The third-order valence-corrected chi connectivity index (χ3v) is 5.69. The molecule has 0 spiro atoms. The van der Waals surface area contributed by atoms with Gasteiger partial charge in [0.1, 0.15) is 5.82 Å². The van der Waals surface area contributed by atoms with Gasteiger partial charge in [-0.15, -0.1) is 0 Å². The fourth-order valence-corrected chi connectivity index (χ4v) is 4.43. The van der Waals surface area contributed by atoms with Crippen LogP contribution in [0.5, 0.6) is 0 Å². The summed E-state index contributed by atoms with van der Waals surface area (Å²) in [6.45, 7) is 6.56. The maximum Gasteiger partial charge on any atom is 0.186 e. The Morgan fingerprint density at radius 2 is 2.13 bits per heavy atom. The van der Waals surface area contributed by atoms with Gasteiger partial charge in [0.2, 0.25) is 0 Å². The van der Waals surface area contributed by atoms with Crippen LogP contribution < -0.4 is 4.90 Å². The predicted octanol–water partition coefficient (Wildman–Crippen LogP) is 4.46. The van der Waals surface area contributed by atoms with Crippen molar-refractivity contribution in [1.82, 2.24) is 14.5 Å². The van der Waals surface area contributed by atoms with Crippen LogP contribution in [-0.4, -0.2) is 27.6 Å². The lowest BCUT2D eigenvalue weighted by Crippen LogP contribution is -2.35. The number of fused-ring (bicyclic) bond motifs is 1. The summed E-state index contributed by atoms with van der Waals surface area (Å²) in [6.07, 6.45) is 6.46. The van der Waals surface area contributed by atoms with E-state index in [4.69, 9.17) is 4.98 Å². The van der Waals surface area contributed by atoms with Crippen LogP contribution in [0.3, 0.4) is 0 Å². The molecule has 3 heterocycles. The molecule has 0 amide bonds. The summed E-state index contributed by atoms with van der Waals surface area (Å²) >= 11 is 1.80. The smallest absolute Gasteiger partial charge is 0.186 e. The van der Waals surface area contributed by atoms with E-state index in [1.54, 1.807) is 11.3 Å². The molecule has 1 aliphatic heterocycles. The average molecular weight is 326 g/mol. The van der Waals surface area contributed by atoms with E-state index in [1.807, 2.05) is 6.20 Å². The van der Waals surface area contributed by atoms with Crippen LogP contribution in [0, 0.1) is 0 Å². The number of benzene rings is 1. The highest BCUT2D eigenvalue weighted by molar-refractivity contribution is 7.22. The minimum atomic E-state index is 0.463. The summed E-state index contributed by atoms with van der Waals surface area (Å²) in [5.41, 5.74) is 1.11. The van der Waals surface area contributed by atoms with Crippen LogP contribution >= 0.6 is 11.3 Å². The normalized spacial score (nSPS) is 18.9. The summed E-state index contributed by atoms with van der Waals surface area (Å²) in [4.78, 5) is 11.9. The first kappa shape index (κ1) is 14.7. The molecule has 5 heteroatoms. The van der Waals surface area contributed by atoms with Gasteiger partial charge in [-0.25, -0.2) is 9.97 Å². The first-order valence-corrected chi connectivity index (χ1v) is 9.17. The van der Waals surface area contributed by atoms with Crippen molar-refractivity contribution in [3.63, 3.8) is 0 Å². The zero-order chi connectivity index (χ0) is 15.8. The second kappa shape index (κ2) is 5.96. The zero-order valence-electron chi connectivity index (χ0n) is 13.6. The summed E-state index contributed by atoms with van der Waals surface area (Å²) < 4.78 is 3.58. The Labute approximate surface area is 140 Å². The van der Waals surface area contributed by atoms with Gasteiger partial charge in [-0.3, -0.25) is 0 Å². The van der Waals surface area contributed by atoms with E-state index in [-0.39, 0.29) is 0 Å². The van der Waals surface area contributed by atoms with Crippen molar-refractivity contribution >= 4 is 26.7 Å². The summed E-state index contributed by atoms with van der Waals surface area (Å²) in [5.74, 6) is 1.72. The lowest BCUT2D eigenvalue weighted by atomic mass is 9.97. The highest BCUT2D eigenvalue weighted by Crippen LogP contribution is 2.34. The first-order chi connectivity index (χ1) is 11.2. The van der Waals surface area contributed by atoms with Gasteiger partial charge in [0.15, 0.2) is 5.13 Å². The Hall–Kier alpha value is -1.88. The second-order valence-electron chi connectivity index (χ2n) is 6.54. The third-order valence-electron chi connectivity index (χ3n) is 4.59. The van der Waals surface area contributed by atoms with Crippen molar-refractivity contribution in [2.45, 2.75) is 38.6 Å². The number of para-hydroxylation sites is 1. The maximum absolute atomic E-state index is 4.83. The molecular formula is C18H22N4S. The molecule has 120 valence electrons. The van der Waals surface area contributed by atoms with Crippen molar-refractivity contribution in [3.05, 3.63) is 42.5 Å². The molecular weight excluding hydrogens is 304 g/mol. The SMILES string of the molecule is CC(C)n1ccnc1[C@@H]1CCCN(c2nc3ccccc3s2)C1. The number of nitrogens with zero attached hydrogens (tertiary/aromatic N) is 4. The van der Waals surface area contributed by atoms with Crippen LogP contribution in [0.1, 0.15) is 44.5 Å². The van der Waals surface area contributed by atoms with Crippen LogP contribution in [0.4, 0.5) is 5.13 Å². The Morgan fingerprint density at radius 1 is 1.26 bits per heavy atom. The Bertz CT molecular complexity index is 771. The molecule has 0 unspecified atom stereocenters. The average Bonchev–Trinajstić information content (AvgIpc) is 3.21.